The molecule has 0 saturated carbocycles. The smallest absolute Gasteiger partial charge is 0.0631 e. The van der Waals surface area contributed by atoms with Gasteiger partial charge >= 0.3 is 0 Å². The van der Waals surface area contributed by atoms with E-state index in [0.29, 0.717) is 11.5 Å². The maximum atomic E-state index is 4.76. The summed E-state index contributed by atoms with van der Waals surface area (Å²) < 4.78 is 2.16. The highest BCUT2D eigenvalue weighted by molar-refractivity contribution is 5.07. The molecule has 1 aliphatic heterocycles. The molecule has 3 nitrogen and oxygen atoms in total. The van der Waals surface area contributed by atoms with Crippen LogP contribution in [0.25, 0.3) is 0 Å². The normalized spacial score (nSPS) is 18.4. The first-order valence-corrected chi connectivity index (χ1v) is 6.97. The molecule has 0 unspecified atom stereocenters. The summed E-state index contributed by atoms with van der Waals surface area (Å²) in [5.74, 6) is 0. The van der Waals surface area contributed by atoms with Crippen LogP contribution in [0, 0.1) is 5.41 Å². The zero-order valence-electron chi connectivity index (χ0n) is 11.4. The molecule has 2 heterocycles. The third kappa shape index (κ3) is 2.54. The van der Waals surface area contributed by atoms with Crippen LogP contribution < -0.4 is 5.32 Å². The molecule has 0 radical (unpaired) electrons. The molecular weight excluding hydrogens is 210 g/mol. The molecule has 0 aliphatic carbocycles. The zero-order chi connectivity index (χ0) is 12.3. The van der Waals surface area contributed by atoms with Gasteiger partial charge in [-0.25, -0.2) is 0 Å². The molecule has 0 bridgehead atoms. The Labute approximate surface area is 105 Å². The van der Waals surface area contributed by atoms with Crippen molar-refractivity contribution in [2.75, 3.05) is 13.1 Å². The Morgan fingerprint density at radius 1 is 1.35 bits per heavy atom. The first-order chi connectivity index (χ1) is 8.23. The second-order valence-electron chi connectivity index (χ2n) is 5.39. The van der Waals surface area contributed by atoms with Crippen molar-refractivity contribution in [2.45, 2.75) is 52.5 Å². The Morgan fingerprint density at radius 2 is 2.06 bits per heavy atom. The fourth-order valence-corrected chi connectivity index (χ4v) is 2.70. The lowest BCUT2D eigenvalue weighted by atomic mass is 9.75. The first kappa shape index (κ1) is 12.6. The Bertz CT molecular complexity index is 343. The van der Waals surface area contributed by atoms with E-state index in [2.05, 4.69) is 43.0 Å². The van der Waals surface area contributed by atoms with Crippen molar-refractivity contribution in [3.05, 3.63) is 18.0 Å². The summed E-state index contributed by atoms with van der Waals surface area (Å²) >= 11 is 0. The zero-order valence-corrected chi connectivity index (χ0v) is 11.4. The van der Waals surface area contributed by atoms with Gasteiger partial charge in [0.25, 0.3) is 0 Å². The average molecular weight is 235 g/mol. The predicted molar refractivity (Wildman–Crippen MR) is 71.1 cm³/mol. The molecule has 1 fully saturated rings. The third-order valence-electron chi connectivity index (χ3n) is 4.29. The fourth-order valence-electron chi connectivity index (χ4n) is 2.70. The van der Waals surface area contributed by atoms with E-state index in [0.717, 1.165) is 32.4 Å². The van der Waals surface area contributed by atoms with Gasteiger partial charge in [-0.1, -0.05) is 20.8 Å². The number of hydrogen-bond donors (Lipinski definition) is 1. The number of nitrogens with zero attached hydrogens (tertiary/aromatic N) is 2. The van der Waals surface area contributed by atoms with Gasteiger partial charge in [0, 0.05) is 24.7 Å². The summed E-state index contributed by atoms with van der Waals surface area (Å²) in [4.78, 5) is 0. The minimum atomic E-state index is 0.479. The second-order valence-corrected chi connectivity index (χ2v) is 5.39. The van der Waals surface area contributed by atoms with Crippen molar-refractivity contribution < 1.29 is 0 Å². The molecule has 0 aromatic carbocycles. The maximum Gasteiger partial charge on any atom is 0.0631 e. The number of hydrogen-bond acceptors (Lipinski definition) is 2. The Hall–Kier alpha value is -0.830. The van der Waals surface area contributed by atoms with Gasteiger partial charge < -0.3 is 5.32 Å². The van der Waals surface area contributed by atoms with Crippen molar-refractivity contribution >= 4 is 0 Å². The minimum Gasteiger partial charge on any atom is -0.316 e. The molecule has 1 aliphatic rings. The summed E-state index contributed by atoms with van der Waals surface area (Å²) in [6, 6.07) is 2.77. The van der Waals surface area contributed by atoms with E-state index in [1.807, 2.05) is 0 Å². The standard InChI is InChI=1S/C14H25N3/c1-4-13(5-2)17-8-7-12(16-17)9-14(6-3)10-15-11-14/h7-8,13,15H,4-6,9-11H2,1-3H3. The van der Waals surface area contributed by atoms with Gasteiger partial charge in [-0.15, -0.1) is 0 Å². The quantitative estimate of drug-likeness (QED) is 0.821. The number of nitrogens with one attached hydrogen (secondary N) is 1. The molecule has 2 rings (SSSR count). The van der Waals surface area contributed by atoms with Gasteiger partial charge in [0.2, 0.25) is 0 Å². The number of rotatable bonds is 6. The lowest BCUT2D eigenvalue weighted by molar-refractivity contribution is 0.158. The van der Waals surface area contributed by atoms with Gasteiger partial charge in [0.15, 0.2) is 0 Å². The topological polar surface area (TPSA) is 29.9 Å². The van der Waals surface area contributed by atoms with Crippen LogP contribution in [-0.2, 0) is 6.42 Å². The summed E-state index contributed by atoms with van der Waals surface area (Å²) in [5, 5.41) is 8.15. The van der Waals surface area contributed by atoms with E-state index in [1.54, 1.807) is 0 Å². The molecule has 0 spiro atoms. The molecule has 96 valence electrons. The second kappa shape index (κ2) is 5.21. The van der Waals surface area contributed by atoms with Crippen molar-refractivity contribution in [1.82, 2.24) is 15.1 Å². The predicted octanol–water partition coefficient (Wildman–Crippen LogP) is 2.79. The van der Waals surface area contributed by atoms with Gasteiger partial charge in [0.1, 0.15) is 0 Å². The maximum absolute atomic E-state index is 4.76. The third-order valence-corrected chi connectivity index (χ3v) is 4.29. The molecule has 0 amide bonds. The van der Waals surface area contributed by atoms with Crippen molar-refractivity contribution in [3.63, 3.8) is 0 Å². The Morgan fingerprint density at radius 3 is 2.53 bits per heavy atom. The molecule has 1 N–H and O–H groups in total. The van der Waals surface area contributed by atoms with Crippen LogP contribution in [0.3, 0.4) is 0 Å². The van der Waals surface area contributed by atoms with E-state index in [1.165, 1.54) is 12.1 Å². The van der Waals surface area contributed by atoms with Crippen molar-refractivity contribution in [1.29, 1.82) is 0 Å². The molecule has 3 heteroatoms. The largest absolute Gasteiger partial charge is 0.316 e. The summed E-state index contributed by atoms with van der Waals surface area (Å²) in [7, 11) is 0. The SMILES string of the molecule is CCC(CC)n1ccc(CC2(CC)CNC2)n1. The number of aromatic nitrogens is 2. The van der Waals surface area contributed by atoms with Crippen LogP contribution in [0.1, 0.15) is 51.8 Å². The molecule has 1 aromatic heterocycles. The minimum absolute atomic E-state index is 0.479. The summed E-state index contributed by atoms with van der Waals surface area (Å²) in [5.41, 5.74) is 1.74. The first-order valence-electron chi connectivity index (χ1n) is 6.97. The molecule has 0 atom stereocenters. The van der Waals surface area contributed by atoms with E-state index >= 15 is 0 Å². The van der Waals surface area contributed by atoms with E-state index in [9.17, 15) is 0 Å². The molecule has 1 aromatic rings. The van der Waals surface area contributed by atoms with Gasteiger partial charge in [0.05, 0.1) is 11.7 Å². The van der Waals surface area contributed by atoms with E-state index < -0.39 is 0 Å². The van der Waals surface area contributed by atoms with Crippen LogP contribution in [0.15, 0.2) is 12.3 Å². The van der Waals surface area contributed by atoms with Crippen LogP contribution in [0.4, 0.5) is 0 Å². The lowest BCUT2D eigenvalue weighted by Crippen LogP contribution is -2.54. The molecule has 17 heavy (non-hydrogen) atoms. The van der Waals surface area contributed by atoms with Crippen LogP contribution in [0.2, 0.25) is 0 Å². The van der Waals surface area contributed by atoms with Gasteiger partial charge in [-0.3, -0.25) is 4.68 Å². The van der Waals surface area contributed by atoms with E-state index in [4.69, 9.17) is 5.10 Å². The van der Waals surface area contributed by atoms with Crippen LogP contribution in [-0.4, -0.2) is 22.9 Å². The highest BCUT2D eigenvalue weighted by atomic mass is 15.3. The van der Waals surface area contributed by atoms with Crippen LogP contribution in [0.5, 0.6) is 0 Å². The van der Waals surface area contributed by atoms with Crippen molar-refractivity contribution in [3.8, 4) is 0 Å². The summed E-state index contributed by atoms with van der Waals surface area (Å²) in [6.07, 6.45) is 6.86. The highest BCUT2D eigenvalue weighted by Crippen LogP contribution is 2.30. The monoisotopic (exact) mass is 235 g/mol. The lowest BCUT2D eigenvalue weighted by Gasteiger charge is -2.41. The van der Waals surface area contributed by atoms with Gasteiger partial charge in [-0.05, 0) is 31.7 Å². The van der Waals surface area contributed by atoms with Crippen LogP contribution >= 0.6 is 0 Å². The highest BCUT2D eigenvalue weighted by Gasteiger charge is 2.35. The average Bonchev–Trinajstić information content (AvgIpc) is 2.74. The van der Waals surface area contributed by atoms with Gasteiger partial charge in [-0.2, -0.15) is 5.10 Å². The fraction of sp³-hybridized carbons (Fsp3) is 0.786. The Balaban J connectivity index is 2.03. The molecule has 1 saturated heterocycles. The summed E-state index contributed by atoms with van der Waals surface area (Å²) in [6.45, 7) is 9.07. The molecular formula is C14H25N3. The van der Waals surface area contributed by atoms with E-state index in [-0.39, 0.29) is 0 Å². The van der Waals surface area contributed by atoms with Crippen molar-refractivity contribution in [2.24, 2.45) is 5.41 Å². The Kier molecular flexibility index (Phi) is 3.87.